The van der Waals surface area contributed by atoms with E-state index >= 15 is 0 Å². The van der Waals surface area contributed by atoms with Crippen molar-refractivity contribution in [3.8, 4) is 0 Å². The molecule has 1 aromatic rings. The third-order valence-corrected chi connectivity index (χ3v) is 4.01. The molecule has 1 fully saturated rings. The molecule has 0 bridgehead atoms. The molecular weight excluding hydrogens is 250 g/mol. The Morgan fingerprint density at radius 1 is 1.28 bits per heavy atom. The molecule has 0 saturated heterocycles. The van der Waals surface area contributed by atoms with Crippen LogP contribution in [-0.4, -0.2) is 20.6 Å². The summed E-state index contributed by atoms with van der Waals surface area (Å²) in [5.41, 5.74) is 0.533. The molecule has 2 rings (SSSR count). The minimum absolute atomic E-state index is 0.361. The van der Waals surface area contributed by atoms with Gasteiger partial charge >= 0.3 is 0 Å². The molecular formula is C13H17NO3S. The lowest BCUT2D eigenvalue weighted by molar-refractivity contribution is -0.133. The molecule has 0 heterocycles. The van der Waals surface area contributed by atoms with E-state index in [4.69, 9.17) is 0 Å². The summed E-state index contributed by atoms with van der Waals surface area (Å²) in [5, 5.41) is 0. The third kappa shape index (κ3) is 2.90. The lowest BCUT2D eigenvalue weighted by Crippen LogP contribution is -2.48. The topological polar surface area (TPSA) is 63.2 Å². The fourth-order valence-corrected chi connectivity index (χ4v) is 2.90. The van der Waals surface area contributed by atoms with Crippen molar-refractivity contribution in [2.24, 2.45) is 5.41 Å². The third-order valence-electron chi connectivity index (χ3n) is 3.46. The molecule has 0 spiro atoms. The molecule has 0 atom stereocenters. The Bertz CT molecular complexity index is 533. The van der Waals surface area contributed by atoms with E-state index < -0.39 is 15.4 Å². The van der Waals surface area contributed by atoms with Crippen LogP contribution in [0.15, 0.2) is 30.3 Å². The largest absolute Gasteiger partial charge is 0.273 e. The Morgan fingerprint density at radius 2 is 1.89 bits per heavy atom. The Labute approximate surface area is 107 Å². The summed E-state index contributed by atoms with van der Waals surface area (Å²) in [4.78, 5) is 12.1. The standard InChI is InChI=1S/C13H17NO3S/c1-18(16,17)14-12(15)13(8-5-9-13)10-11-6-3-2-4-7-11/h2-4,6-7H,5,8-10H2,1H3,(H,14,15). The zero-order valence-electron chi connectivity index (χ0n) is 10.3. The van der Waals surface area contributed by atoms with E-state index in [1.54, 1.807) is 0 Å². The fraction of sp³-hybridized carbons (Fsp3) is 0.462. The van der Waals surface area contributed by atoms with Crippen LogP contribution in [-0.2, 0) is 21.2 Å². The zero-order chi connectivity index (χ0) is 13.2. The van der Waals surface area contributed by atoms with Crippen molar-refractivity contribution in [1.29, 1.82) is 0 Å². The van der Waals surface area contributed by atoms with E-state index in [1.807, 2.05) is 30.3 Å². The van der Waals surface area contributed by atoms with Crippen molar-refractivity contribution in [2.75, 3.05) is 6.26 Å². The minimum atomic E-state index is -3.47. The van der Waals surface area contributed by atoms with Gasteiger partial charge in [-0.1, -0.05) is 36.8 Å². The van der Waals surface area contributed by atoms with E-state index in [2.05, 4.69) is 4.72 Å². The lowest BCUT2D eigenvalue weighted by Gasteiger charge is -2.40. The summed E-state index contributed by atoms with van der Waals surface area (Å²) in [6.07, 6.45) is 4.10. The molecule has 0 aromatic heterocycles. The Morgan fingerprint density at radius 3 is 2.33 bits per heavy atom. The first kappa shape index (κ1) is 13.1. The van der Waals surface area contributed by atoms with Crippen LogP contribution in [0, 0.1) is 5.41 Å². The number of carbonyl (C=O) groups is 1. The quantitative estimate of drug-likeness (QED) is 0.898. The summed E-state index contributed by atoms with van der Waals surface area (Å²) in [7, 11) is -3.47. The van der Waals surface area contributed by atoms with Crippen LogP contribution < -0.4 is 4.72 Å². The highest BCUT2D eigenvalue weighted by molar-refractivity contribution is 7.89. The number of rotatable bonds is 4. The molecule has 1 amide bonds. The van der Waals surface area contributed by atoms with E-state index in [1.165, 1.54) is 0 Å². The molecule has 1 aliphatic carbocycles. The number of hydrogen-bond donors (Lipinski definition) is 1. The highest BCUT2D eigenvalue weighted by atomic mass is 32.2. The number of carbonyl (C=O) groups excluding carboxylic acids is 1. The second kappa shape index (κ2) is 4.72. The number of nitrogens with one attached hydrogen (secondary N) is 1. The summed E-state index contributed by atoms with van der Waals surface area (Å²) < 4.78 is 24.4. The molecule has 1 aliphatic rings. The summed E-state index contributed by atoms with van der Waals surface area (Å²) in [6.45, 7) is 0. The molecule has 0 radical (unpaired) electrons. The minimum Gasteiger partial charge on any atom is -0.273 e. The molecule has 18 heavy (non-hydrogen) atoms. The number of hydrogen-bond acceptors (Lipinski definition) is 3. The van der Waals surface area contributed by atoms with Gasteiger partial charge in [0.05, 0.1) is 11.7 Å². The van der Waals surface area contributed by atoms with Crippen molar-refractivity contribution < 1.29 is 13.2 Å². The average Bonchev–Trinajstić information content (AvgIpc) is 2.22. The first-order valence-corrected chi connectivity index (χ1v) is 7.87. The average molecular weight is 267 g/mol. The number of benzene rings is 1. The van der Waals surface area contributed by atoms with E-state index in [0.29, 0.717) is 6.42 Å². The van der Waals surface area contributed by atoms with Gasteiger partial charge in [0.15, 0.2) is 0 Å². The van der Waals surface area contributed by atoms with Crippen molar-refractivity contribution in [2.45, 2.75) is 25.7 Å². The smallest absolute Gasteiger partial charge is 0.239 e. The number of sulfonamides is 1. The van der Waals surface area contributed by atoms with E-state index in [0.717, 1.165) is 31.1 Å². The van der Waals surface area contributed by atoms with E-state index in [-0.39, 0.29) is 5.91 Å². The van der Waals surface area contributed by atoms with Gasteiger partial charge in [-0.05, 0) is 24.8 Å². The first-order chi connectivity index (χ1) is 8.41. The summed E-state index contributed by atoms with van der Waals surface area (Å²) in [5.74, 6) is -0.361. The highest BCUT2D eigenvalue weighted by Crippen LogP contribution is 2.44. The predicted octanol–water partition coefficient (Wildman–Crippen LogP) is 1.48. The zero-order valence-corrected chi connectivity index (χ0v) is 11.2. The molecule has 98 valence electrons. The second-order valence-electron chi connectivity index (χ2n) is 5.00. The van der Waals surface area contributed by atoms with Gasteiger partial charge in [0.25, 0.3) is 0 Å². The highest BCUT2D eigenvalue weighted by Gasteiger charge is 2.44. The summed E-state index contributed by atoms with van der Waals surface area (Å²) >= 11 is 0. The van der Waals surface area contributed by atoms with Crippen LogP contribution >= 0.6 is 0 Å². The Balaban J connectivity index is 2.14. The van der Waals surface area contributed by atoms with Gasteiger partial charge in [-0.25, -0.2) is 8.42 Å². The maximum absolute atomic E-state index is 12.1. The molecule has 0 unspecified atom stereocenters. The van der Waals surface area contributed by atoms with Crippen LogP contribution in [0.5, 0.6) is 0 Å². The van der Waals surface area contributed by atoms with Crippen molar-refractivity contribution >= 4 is 15.9 Å². The van der Waals surface area contributed by atoms with Crippen LogP contribution in [0.25, 0.3) is 0 Å². The van der Waals surface area contributed by atoms with Crippen molar-refractivity contribution in [3.63, 3.8) is 0 Å². The van der Waals surface area contributed by atoms with Crippen molar-refractivity contribution in [3.05, 3.63) is 35.9 Å². The van der Waals surface area contributed by atoms with Crippen LogP contribution in [0.4, 0.5) is 0 Å². The molecule has 4 nitrogen and oxygen atoms in total. The molecule has 5 heteroatoms. The first-order valence-electron chi connectivity index (χ1n) is 5.97. The molecule has 1 N–H and O–H groups in total. The molecule has 1 aromatic carbocycles. The lowest BCUT2D eigenvalue weighted by atomic mass is 9.65. The predicted molar refractivity (Wildman–Crippen MR) is 69.4 cm³/mol. The second-order valence-corrected chi connectivity index (χ2v) is 6.75. The van der Waals surface area contributed by atoms with E-state index in [9.17, 15) is 13.2 Å². The maximum atomic E-state index is 12.1. The van der Waals surface area contributed by atoms with Gasteiger partial charge in [-0.15, -0.1) is 0 Å². The van der Waals surface area contributed by atoms with Gasteiger partial charge in [0.1, 0.15) is 0 Å². The van der Waals surface area contributed by atoms with Gasteiger partial charge in [-0.2, -0.15) is 0 Å². The van der Waals surface area contributed by atoms with Crippen molar-refractivity contribution in [1.82, 2.24) is 4.72 Å². The Kier molecular flexibility index (Phi) is 3.43. The van der Waals surface area contributed by atoms with Gasteiger partial charge in [-0.3, -0.25) is 9.52 Å². The summed E-state index contributed by atoms with van der Waals surface area (Å²) in [6, 6.07) is 9.71. The Hall–Kier alpha value is -1.36. The number of amides is 1. The normalized spacial score (nSPS) is 17.8. The van der Waals surface area contributed by atoms with Crippen LogP contribution in [0.3, 0.4) is 0 Å². The van der Waals surface area contributed by atoms with Gasteiger partial charge in [0, 0.05) is 0 Å². The molecule has 1 saturated carbocycles. The maximum Gasteiger partial charge on any atom is 0.239 e. The SMILES string of the molecule is CS(=O)(=O)NC(=O)C1(Cc2ccccc2)CCC1. The fourth-order valence-electron chi connectivity index (χ4n) is 2.35. The van der Waals surface area contributed by atoms with Gasteiger partial charge in [0.2, 0.25) is 15.9 Å². The van der Waals surface area contributed by atoms with Crippen LogP contribution in [0.1, 0.15) is 24.8 Å². The van der Waals surface area contributed by atoms with Crippen LogP contribution in [0.2, 0.25) is 0 Å². The monoisotopic (exact) mass is 267 g/mol. The molecule has 0 aliphatic heterocycles. The van der Waals surface area contributed by atoms with Gasteiger partial charge < -0.3 is 0 Å².